The van der Waals surface area contributed by atoms with Gasteiger partial charge in [0, 0.05) is 56.5 Å². The maximum absolute atomic E-state index is 13.9. The van der Waals surface area contributed by atoms with Gasteiger partial charge in [0.2, 0.25) is 0 Å². The summed E-state index contributed by atoms with van der Waals surface area (Å²) in [7, 11) is 0.406. The fourth-order valence-electron chi connectivity index (χ4n) is 4.52. The van der Waals surface area contributed by atoms with Crippen LogP contribution in [0.5, 0.6) is 5.75 Å². The van der Waals surface area contributed by atoms with E-state index in [2.05, 4.69) is 29.7 Å². The average Bonchev–Trinajstić information content (AvgIpc) is 3.35. The molecule has 0 atom stereocenters. The normalized spacial score (nSPS) is 11.7. The van der Waals surface area contributed by atoms with E-state index in [-0.39, 0.29) is 29.9 Å². The SMILES string of the molecule is CCOc1cc(C(=O)N(C)Cc2cnc(CF)c3cnn(COCC[Si](C)(C)C)c23)cc(Cl)c1-c1cccc(F)c1. The van der Waals surface area contributed by atoms with E-state index in [1.54, 1.807) is 48.4 Å². The highest BCUT2D eigenvalue weighted by atomic mass is 35.5. The molecule has 0 saturated heterocycles. The number of hydrogen-bond donors (Lipinski definition) is 0. The third-order valence-electron chi connectivity index (χ3n) is 6.64. The van der Waals surface area contributed by atoms with Crippen molar-refractivity contribution in [2.24, 2.45) is 0 Å². The highest BCUT2D eigenvalue weighted by molar-refractivity contribution is 6.76. The quantitative estimate of drug-likeness (QED) is 0.126. The van der Waals surface area contributed by atoms with E-state index in [1.165, 1.54) is 17.0 Å². The summed E-state index contributed by atoms with van der Waals surface area (Å²) >= 11 is 6.63. The Labute approximate surface area is 245 Å². The lowest BCUT2D eigenvalue weighted by atomic mass is 10.0. The summed E-state index contributed by atoms with van der Waals surface area (Å²) in [5.41, 5.74) is 3.04. The maximum atomic E-state index is 13.9. The van der Waals surface area contributed by atoms with Gasteiger partial charge in [0.15, 0.2) is 0 Å². The summed E-state index contributed by atoms with van der Waals surface area (Å²) in [6.07, 6.45) is 3.16. The van der Waals surface area contributed by atoms with Gasteiger partial charge in [-0.25, -0.2) is 13.5 Å². The zero-order chi connectivity index (χ0) is 29.7. The molecule has 0 fully saturated rings. The molecule has 41 heavy (non-hydrogen) atoms. The van der Waals surface area contributed by atoms with Gasteiger partial charge in [-0.15, -0.1) is 0 Å². The first kappa shape index (κ1) is 30.6. The molecule has 0 aliphatic rings. The topological polar surface area (TPSA) is 69.5 Å². The van der Waals surface area contributed by atoms with Gasteiger partial charge in [-0.3, -0.25) is 9.78 Å². The van der Waals surface area contributed by atoms with Crippen molar-refractivity contribution >= 4 is 36.5 Å². The average molecular weight is 601 g/mol. The second kappa shape index (κ2) is 13.1. The lowest BCUT2D eigenvalue weighted by Gasteiger charge is -2.21. The maximum Gasteiger partial charge on any atom is 0.254 e. The molecule has 0 aliphatic heterocycles. The number of rotatable bonds is 12. The molecule has 0 saturated carbocycles. The van der Waals surface area contributed by atoms with Crippen LogP contribution in [0, 0.1) is 5.82 Å². The zero-order valence-corrected chi connectivity index (χ0v) is 25.8. The molecule has 0 radical (unpaired) electrons. The molecular formula is C30H35ClF2N4O3Si. The zero-order valence-electron chi connectivity index (χ0n) is 24.0. The van der Waals surface area contributed by atoms with Crippen LogP contribution in [0.15, 0.2) is 48.8 Å². The second-order valence-corrected chi connectivity index (χ2v) is 17.1. The summed E-state index contributed by atoms with van der Waals surface area (Å²) in [5.74, 6) is -0.327. The van der Waals surface area contributed by atoms with Crippen LogP contribution in [-0.2, 0) is 24.7 Å². The smallest absolute Gasteiger partial charge is 0.254 e. The Morgan fingerprint density at radius 1 is 1.17 bits per heavy atom. The molecule has 1 amide bonds. The van der Waals surface area contributed by atoms with Crippen molar-refractivity contribution in [3.63, 3.8) is 0 Å². The lowest BCUT2D eigenvalue weighted by molar-refractivity contribution is 0.0781. The molecule has 0 bridgehead atoms. The van der Waals surface area contributed by atoms with Crippen molar-refractivity contribution in [1.29, 1.82) is 0 Å². The minimum atomic E-state index is -1.26. The van der Waals surface area contributed by atoms with Crippen LogP contribution in [0.3, 0.4) is 0 Å². The third-order valence-corrected chi connectivity index (χ3v) is 8.64. The summed E-state index contributed by atoms with van der Waals surface area (Å²) in [6, 6.07) is 10.2. The molecule has 4 aromatic rings. The van der Waals surface area contributed by atoms with Crippen LogP contribution in [0.4, 0.5) is 8.78 Å². The highest BCUT2D eigenvalue weighted by Gasteiger charge is 2.22. The van der Waals surface area contributed by atoms with Crippen LogP contribution in [0.25, 0.3) is 22.0 Å². The van der Waals surface area contributed by atoms with E-state index in [4.69, 9.17) is 21.1 Å². The molecule has 2 aromatic heterocycles. The molecule has 0 N–H and O–H groups in total. The number of carbonyl (C=O) groups excluding carboxylic acids is 1. The van der Waals surface area contributed by atoms with E-state index in [9.17, 15) is 13.6 Å². The Kier molecular flexibility index (Phi) is 9.78. The number of aromatic nitrogens is 3. The third kappa shape index (κ3) is 7.30. The van der Waals surface area contributed by atoms with Crippen molar-refractivity contribution in [3.8, 4) is 16.9 Å². The molecule has 7 nitrogen and oxygen atoms in total. The van der Waals surface area contributed by atoms with Crippen LogP contribution in [-0.4, -0.2) is 53.9 Å². The minimum Gasteiger partial charge on any atom is -0.493 e. The fourth-order valence-corrected chi connectivity index (χ4v) is 5.59. The van der Waals surface area contributed by atoms with Gasteiger partial charge in [0.05, 0.1) is 29.0 Å². The largest absolute Gasteiger partial charge is 0.493 e. The van der Waals surface area contributed by atoms with Gasteiger partial charge in [0.1, 0.15) is 25.0 Å². The van der Waals surface area contributed by atoms with Crippen molar-refractivity contribution in [3.05, 3.63) is 76.5 Å². The first-order valence-corrected chi connectivity index (χ1v) is 17.5. The van der Waals surface area contributed by atoms with E-state index in [0.29, 0.717) is 52.1 Å². The number of fused-ring (bicyclic) bond motifs is 1. The number of alkyl halides is 1. The number of amides is 1. The number of hydrogen-bond acceptors (Lipinski definition) is 5. The summed E-state index contributed by atoms with van der Waals surface area (Å²) < 4.78 is 41.1. The number of benzene rings is 2. The first-order chi connectivity index (χ1) is 19.5. The summed E-state index contributed by atoms with van der Waals surface area (Å²) in [6.45, 7) is 9.27. The number of carbonyl (C=O) groups is 1. The fraction of sp³-hybridized carbons (Fsp3) is 0.367. The van der Waals surface area contributed by atoms with E-state index in [0.717, 1.165) is 6.04 Å². The van der Waals surface area contributed by atoms with Crippen molar-refractivity contribution in [1.82, 2.24) is 19.7 Å². The molecule has 0 spiro atoms. The van der Waals surface area contributed by atoms with Gasteiger partial charge in [-0.05, 0) is 42.8 Å². The Hall–Kier alpha value is -3.34. The van der Waals surface area contributed by atoms with Gasteiger partial charge in [-0.2, -0.15) is 5.10 Å². The monoisotopic (exact) mass is 600 g/mol. The highest BCUT2D eigenvalue weighted by Crippen LogP contribution is 2.38. The summed E-state index contributed by atoms with van der Waals surface area (Å²) in [5, 5.41) is 5.28. The van der Waals surface area contributed by atoms with Crippen LogP contribution in [0.2, 0.25) is 30.7 Å². The number of halogens is 3. The molecule has 218 valence electrons. The number of nitrogens with zero attached hydrogens (tertiary/aromatic N) is 4. The van der Waals surface area contributed by atoms with E-state index < -0.39 is 20.6 Å². The Morgan fingerprint density at radius 3 is 2.63 bits per heavy atom. The standard InChI is InChI=1S/C30H35ClF2N4O3Si/c1-6-40-27-14-21(13-25(31)28(27)20-8-7-9-23(33)12-20)30(38)36(2)18-22-16-34-26(15-32)24-17-35-37(29(22)24)19-39-10-11-41(3,4)5/h7-9,12-14,16-17H,6,10-11,15,18-19H2,1-5H3. The minimum absolute atomic E-state index is 0.183. The van der Waals surface area contributed by atoms with E-state index >= 15 is 0 Å². The second-order valence-electron chi connectivity index (χ2n) is 11.1. The van der Waals surface area contributed by atoms with E-state index in [1.807, 2.05) is 6.92 Å². The van der Waals surface area contributed by atoms with Gasteiger partial charge >= 0.3 is 0 Å². The molecular weight excluding hydrogens is 566 g/mol. The molecule has 2 heterocycles. The predicted octanol–water partition coefficient (Wildman–Crippen LogP) is 7.34. The van der Waals surface area contributed by atoms with Gasteiger partial charge in [-0.1, -0.05) is 43.4 Å². The molecule has 0 unspecified atom stereocenters. The molecule has 2 aromatic carbocycles. The van der Waals surface area contributed by atoms with Crippen LogP contribution in [0.1, 0.15) is 28.5 Å². The predicted molar refractivity (Wildman–Crippen MR) is 160 cm³/mol. The Morgan fingerprint density at radius 2 is 1.95 bits per heavy atom. The number of ether oxygens (including phenoxy) is 2. The molecule has 11 heteroatoms. The van der Waals surface area contributed by atoms with Crippen LogP contribution < -0.4 is 4.74 Å². The molecule has 4 rings (SSSR count). The molecule has 0 aliphatic carbocycles. The van der Waals surface area contributed by atoms with Crippen molar-refractivity contribution < 1.29 is 23.0 Å². The lowest BCUT2D eigenvalue weighted by Crippen LogP contribution is -2.27. The van der Waals surface area contributed by atoms with Crippen molar-refractivity contribution in [2.75, 3.05) is 20.3 Å². The van der Waals surface area contributed by atoms with Crippen LogP contribution >= 0.6 is 11.6 Å². The Bertz CT molecular complexity index is 1540. The van der Waals surface area contributed by atoms with Gasteiger partial charge in [0.25, 0.3) is 5.91 Å². The van der Waals surface area contributed by atoms with Gasteiger partial charge < -0.3 is 14.4 Å². The number of pyridine rings is 1. The first-order valence-electron chi connectivity index (χ1n) is 13.5. The summed E-state index contributed by atoms with van der Waals surface area (Å²) in [4.78, 5) is 19.4. The van der Waals surface area contributed by atoms with Crippen molar-refractivity contribution in [2.45, 2.75) is 52.6 Å². The Balaban J connectivity index is 1.62.